The zero-order valence-corrected chi connectivity index (χ0v) is 13.7. The fourth-order valence-electron chi connectivity index (χ4n) is 1.79. The topological polar surface area (TPSA) is 70.0 Å². The number of rotatable bonds is 3. The van der Waals surface area contributed by atoms with Gasteiger partial charge in [-0.25, -0.2) is 0 Å². The van der Waals surface area contributed by atoms with Crippen molar-refractivity contribution in [2.45, 2.75) is 4.90 Å². The highest BCUT2D eigenvalue weighted by Gasteiger charge is 2.11. The Balaban J connectivity index is 2.27. The maximum Gasteiger partial charge on any atom is 0.255 e. The predicted octanol–water partition coefficient (Wildman–Crippen LogP) is 3.85. The number of nitrogens with zero attached hydrogens (tertiary/aromatic N) is 1. The molecule has 1 amide bonds. The van der Waals surface area contributed by atoms with Gasteiger partial charge in [0, 0.05) is 17.5 Å². The lowest BCUT2D eigenvalue weighted by Crippen LogP contribution is -2.12. The number of carbonyl (C=O) groups excluding carboxylic acids is 1. The third-order valence-corrected chi connectivity index (χ3v) is 4.56. The number of hydrogen-bond acceptors (Lipinski definition) is 3. The SMILES string of the molecule is C[S@](=O)c1ccc(NC(=O)c2ccc(Cl)c(Cl)c2)cc1C#N. The fourth-order valence-corrected chi connectivity index (χ4v) is 2.76. The molecular formula is C15H10Cl2N2O2S. The van der Waals surface area contributed by atoms with E-state index in [2.05, 4.69) is 5.32 Å². The normalized spacial score (nSPS) is 11.5. The van der Waals surface area contributed by atoms with E-state index in [-0.39, 0.29) is 16.5 Å². The quantitative estimate of drug-likeness (QED) is 0.911. The van der Waals surface area contributed by atoms with Crippen LogP contribution in [0.5, 0.6) is 0 Å². The van der Waals surface area contributed by atoms with Crippen molar-refractivity contribution in [3.05, 3.63) is 57.6 Å². The molecule has 7 heteroatoms. The molecule has 0 spiro atoms. The Morgan fingerprint density at radius 3 is 2.50 bits per heavy atom. The molecule has 2 aromatic carbocycles. The summed E-state index contributed by atoms with van der Waals surface area (Å²) in [6, 6.07) is 11.1. The number of nitriles is 1. The molecule has 1 N–H and O–H groups in total. The van der Waals surface area contributed by atoms with Crippen LogP contribution in [0.2, 0.25) is 10.0 Å². The Kier molecular flexibility index (Phi) is 5.19. The van der Waals surface area contributed by atoms with E-state index in [4.69, 9.17) is 28.5 Å². The van der Waals surface area contributed by atoms with Crippen molar-refractivity contribution >= 4 is 45.6 Å². The number of nitrogens with one attached hydrogen (secondary N) is 1. The second kappa shape index (κ2) is 6.93. The molecule has 0 aliphatic rings. The molecule has 0 aliphatic heterocycles. The molecule has 0 saturated heterocycles. The van der Waals surface area contributed by atoms with E-state index in [0.717, 1.165) is 0 Å². The van der Waals surface area contributed by atoms with Crippen LogP contribution in [0.3, 0.4) is 0 Å². The summed E-state index contributed by atoms with van der Waals surface area (Å²) in [5.41, 5.74) is 1.03. The zero-order chi connectivity index (χ0) is 16.3. The van der Waals surface area contributed by atoms with Crippen LogP contribution in [0.4, 0.5) is 5.69 Å². The molecule has 22 heavy (non-hydrogen) atoms. The molecule has 0 saturated carbocycles. The average molecular weight is 353 g/mol. The Labute approximate surface area is 140 Å². The number of benzene rings is 2. The van der Waals surface area contributed by atoms with Gasteiger partial charge in [-0.3, -0.25) is 9.00 Å². The van der Waals surface area contributed by atoms with E-state index in [1.165, 1.54) is 24.5 Å². The van der Waals surface area contributed by atoms with Crippen LogP contribution in [0, 0.1) is 11.3 Å². The van der Waals surface area contributed by atoms with Crippen molar-refractivity contribution in [3.8, 4) is 6.07 Å². The molecule has 2 aromatic rings. The number of hydrogen-bond donors (Lipinski definition) is 1. The lowest BCUT2D eigenvalue weighted by Gasteiger charge is -2.08. The summed E-state index contributed by atoms with van der Waals surface area (Å²) in [5, 5.41) is 12.4. The van der Waals surface area contributed by atoms with Gasteiger partial charge in [0.2, 0.25) is 0 Å². The first kappa shape index (κ1) is 16.5. The summed E-state index contributed by atoms with van der Waals surface area (Å²) in [6.07, 6.45) is 1.49. The first-order chi connectivity index (χ1) is 10.4. The first-order valence-electron chi connectivity index (χ1n) is 6.06. The van der Waals surface area contributed by atoms with Gasteiger partial charge in [-0.1, -0.05) is 23.2 Å². The van der Waals surface area contributed by atoms with Gasteiger partial charge in [-0.05, 0) is 36.4 Å². The van der Waals surface area contributed by atoms with Crippen LogP contribution >= 0.6 is 23.2 Å². The fraction of sp³-hybridized carbons (Fsp3) is 0.0667. The molecule has 4 nitrogen and oxygen atoms in total. The van der Waals surface area contributed by atoms with Crippen LogP contribution < -0.4 is 5.32 Å². The highest BCUT2D eigenvalue weighted by atomic mass is 35.5. The average Bonchev–Trinajstić information content (AvgIpc) is 2.49. The first-order valence-corrected chi connectivity index (χ1v) is 8.37. The highest BCUT2D eigenvalue weighted by molar-refractivity contribution is 7.84. The lowest BCUT2D eigenvalue weighted by molar-refractivity contribution is 0.102. The molecular weight excluding hydrogens is 343 g/mol. The summed E-state index contributed by atoms with van der Waals surface area (Å²) in [6.45, 7) is 0. The van der Waals surface area contributed by atoms with Crippen LogP contribution in [0.15, 0.2) is 41.3 Å². The van der Waals surface area contributed by atoms with Crippen molar-refractivity contribution in [2.24, 2.45) is 0 Å². The predicted molar refractivity (Wildman–Crippen MR) is 87.9 cm³/mol. The third-order valence-electron chi connectivity index (χ3n) is 2.85. The van der Waals surface area contributed by atoms with Gasteiger partial charge < -0.3 is 5.32 Å². The summed E-state index contributed by atoms with van der Waals surface area (Å²) in [5.74, 6) is -0.382. The van der Waals surface area contributed by atoms with Crippen molar-refractivity contribution < 1.29 is 9.00 Å². The van der Waals surface area contributed by atoms with Crippen LogP contribution in [-0.2, 0) is 10.8 Å². The molecule has 2 rings (SSSR count). The van der Waals surface area contributed by atoms with E-state index < -0.39 is 10.8 Å². The van der Waals surface area contributed by atoms with E-state index in [9.17, 15) is 9.00 Å². The molecule has 0 heterocycles. The molecule has 0 radical (unpaired) electrons. The lowest BCUT2D eigenvalue weighted by atomic mass is 10.2. The highest BCUT2D eigenvalue weighted by Crippen LogP contribution is 2.23. The Hall–Kier alpha value is -1.87. The summed E-state index contributed by atoms with van der Waals surface area (Å²) < 4.78 is 11.5. The molecule has 1 atom stereocenters. The molecule has 112 valence electrons. The van der Waals surface area contributed by atoms with Crippen molar-refractivity contribution in [1.29, 1.82) is 5.26 Å². The maximum atomic E-state index is 12.1. The molecule has 0 bridgehead atoms. The van der Waals surface area contributed by atoms with Crippen LogP contribution in [0.1, 0.15) is 15.9 Å². The number of carbonyl (C=O) groups is 1. The number of anilines is 1. The summed E-state index contributed by atoms with van der Waals surface area (Å²) >= 11 is 11.7. The van der Waals surface area contributed by atoms with Gasteiger partial charge in [0.15, 0.2) is 0 Å². The van der Waals surface area contributed by atoms with E-state index in [1.54, 1.807) is 18.2 Å². The minimum atomic E-state index is -1.27. The van der Waals surface area contributed by atoms with Gasteiger partial charge in [-0.2, -0.15) is 5.26 Å². The Morgan fingerprint density at radius 1 is 1.18 bits per heavy atom. The summed E-state index contributed by atoms with van der Waals surface area (Å²) in [4.78, 5) is 12.6. The number of halogens is 2. The van der Waals surface area contributed by atoms with E-state index in [1.807, 2.05) is 6.07 Å². The van der Waals surface area contributed by atoms with E-state index in [0.29, 0.717) is 21.2 Å². The van der Waals surface area contributed by atoms with Crippen molar-refractivity contribution in [2.75, 3.05) is 11.6 Å². The second-order valence-corrected chi connectivity index (χ2v) is 6.52. The third kappa shape index (κ3) is 3.66. The standard InChI is InChI=1S/C15H10Cl2N2O2S/c1-22(21)14-5-3-11(6-10(14)8-18)19-15(20)9-2-4-12(16)13(17)7-9/h2-7H,1H3,(H,19,20)/t22-/m0/s1. The largest absolute Gasteiger partial charge is 0.322 e. The second-order valence-electron chi connectivity index (χ2n) is 4.36. The van der Waals surface area contributed by atoms with Crippen molar-refractivity contribution in [1.82, 2.24) is 0 Å². The van der Waals surface area contributed by atoms with Gasteiger partial charge in [0.25, 0.3) is 5.91 Å². The summed E-state index contributed by atoms with van der Waals surface area (Å²) in [7, 11) is -1.27. The maximum absolute atomic E-state index is 12.1. The van der Waals surface area contributed by atoms with Crippen LogP contribution in [0.25, 0.3) is 0 Å². The van der Waals surface area contributed by atoms with E-state index >= 15 is 0 Å². The zero-order valence-electron chi connectivity index (χ0n) is 11.4. The monoisotopic (exact) mass is 352 g/mol. The molecule has 0 fully saturated rings. The molecule has 0 aliphatic carbocycles. The molecule has 0 unspecified atom stereocenters. The minimum Gasteiger partial charge on any atom is -0.322 e. The Morgan fingerprint density at radius 2 is 1.91 bits per heavy atom. The smallest absolute Gasteiger partial charge is 0.255 e. The van der Waals surface area contributed by atoms with Gasteiger partial charge in [0.05, 0.1) is 31.3 Å². The van der Waals surface area contributed by atoms with Gasteiger partial charge >= 0.3 is 0 Å². The number of amides is 1. The Bertz CT molecular complexity index is 816. The van der Waals surface area contributed by atoms with Gasteiger partial charge in [0.1, 0.15) is 6.07 Å². The van der Waals surface area contributed by atoms with Crippen molar-refractivity contribution in [3.63, 3.8) is 0 Å². The van der Waals surface area contributed by atoms with Gasteiger partial charge in [-0.15, -0.1) is 0 Å². The van der Waals surface area contributed by atoms with Crippen LogP contribution in [-0.4, -0.2) is 16.4 Å². The molecule has 0 aromatic heterocycles. The minimum absolute atomic E-state index is 0.257.